The van der Waals surface area contributed by atoms with Crippen LogP contribution in [-0.2, 0) is 6.54 Å². The van der Waals surface area contributed by atoms with Gasteiger partial charge in [0.15, 0.2) is 0 Å². The number of fused-ring (bicyclic) bond motifs is 4. The van der Waals surface area contributed by atoms with Gasteiger partial charge in [0.1, 0.15) is 5.82 Å². The Labute approximate surface area is 184 Å². The molecular formula is C25H22FN3O3. The number of likely N-dealkylation sites (tertiary alicyclic amines) is 1. The fourth-order valence-corrected chi connectivity index (χ4v) is 4.85. The van der Waals surface area contributed by atoms with Crippen LogP contribution < -0.4 is 10.9 Å². The summed E-state index contributed by atoms with van der Waals surface area (Å²) in [7, 11) is 0. The quantitative estimate of drug-likeness (QED) is 0.690. The number of nitrogens with one attached hydrogen (secondary N) is 1. The zero-order valence-corrected chi connectivity index (χ0v) is 17.3. The standard InChI is InChI=1S/C25H22FN3O3/c26-20-8-6-18(7-9-20)25(32)28-13-16-12-19(15-28)23-21(10-11-22(30)29(23)14-16)27-24(31)17-4-2-1-3-5-17/h1-11,16,19H,12-15H2,(H,27,31)/t16-,19-/m0/s1. The fraction of sp³-hybridized carbons (Fsp3) is 0.240. The summed E-state index contributed by atoms with van der Waals surface area (Å²) in [5.74, 6) is -0.718. The van der Waals surface area contributed by atoms with Crippen LogP contribution >= 0.6 is 0 Å². The van der Waals surface area contributed by atoms with Crippen molar-refractivity contribution in [3.8, 4) is 0 Å². The summed E-state index contributed by atoms with van der Waals surface area (Å²) in [6.45, 7) is 1.47. The van der Waals surface area contributed by atoms with Crippen LogP contribution in [0.3, 0.4) is 0 Å². The first-order valence-electron chi connectivity index (χ1n) is 10.6. The lowest BCUT2D eigenvalue weighted by molar-refractivity contribution is 0.0595. The van der Waals surface area contributed by atoms with Gasteiger partial charge in [-0.3, -0.25) is 14.4 Å². The smallest absolute Gasteiger partial charge is 0.255 e. The molecule has 0 aliphatic carbocycles. The van der Waals surface area contributed by atoms with Crippen LogP contribution in [0.15, 0.2) is 71.5 Å². The fourth-order valence-electron chi connectivity index (χ4n) is 4.85. The van der Waals surface area contributed by atoms with E-state index in [9.17, 15) is 18.8 Å². The van der Waals surface area contributed by atoms with Crippen molar-refractivity contribution in [2.24, 2.45) is 5.92 Å². The molecule has 32 heavy (non-hydrogen) atoms. The summed E-state index contributed by atoms with van der Waals surface area (Å²) < 4.78 is 15.0. The van der Waals surface area contributed by atoms with Crippen LogP contribution in [-0.4, -0.2) is 34.4 Å². The van der Waals surface area contributed by atoms with Crippen molar-refractivity contribution in [1.82, 2.24) is 9.47 Å². The Morgan fingerprint density at radius 3 is 2.38 bits per heavy atom. The second-order valence-corrected chi connectivity index (χ2v) is 8.42. The van der Waals surface area contributed by atoms with Gasteiger partial charge < -0.3 is 14.8 Å². The third-order valence-electron chi connectivity index (χ3n) is 6.25. The van der Waals surface area contributed by atoms with Crippen molar-refractivity contribution in [3.05, 3.63) is 99.7 Å². The Bertz CT molecular complexity index is 1240. The summed E-state index contributed by atoms with van der Waals surface area (Å²) in [6, 6.07) is 17.6. The minimum atomic E-state index is -0.385. The summed E-state index contributed by atoms with van der Waals surface area (Å²) in [5.41, 5.74) is 2.22. The summed E-state index contributed by atoms with van der Waals surface area (Å²) in [4.78, 5) is 40.2. The second kappa shape index (κ2) is 8.07. The lowest BCUT2D eigenvalue weighted by Crippen LogP contribution is -2.49. The van der Waals surface area contributed by atoms with Crippen molar-refractivity contribution in [2.45, 2.75) is 18.9 Å². The van der Waals surface area contributed by atoms with Gasteiger partial charge in [-0.25, -0.2) is 4.39 Å². The average Bonchev–Trinajstić information content (AvgIpc) is 2.81. The van der Waals surface area contributed by atoms with E-state index in [1.54, 1.807) is 39.8 Å². The molecule has 2 aromatic carbocycles. The Morgan fingerprint density at radius 2 is 1.62 bits per heavy atom. The molecule has 3 heterocycles. The summed E-state index contributed by atoms with van der Waals surface area (Å²) in [6.07, 6.45) is 0.838. The zero-order chi connectivity index (χ0) is 22.2. The Balaban J connectivity index is 1.45. The lowest BCUT2D eigenvalue weighted by Gasteiger charge is -2.43. The first kappa shape index (κ1) is 20.2. The van der Waals surface area contributed by atoms with Crippen molar-refractivity contribution >= 4 is 17.5 Å². The second-order valence-electron chi connectivity index (χ2n) is 8.42. The highest BCUT2D eigenvalue weighted by molar-refractivity contribution is 6.04. The van der Waals surface area contributed by atoms with Gasteiger partial charge in [-0.1, -0.05) is 18.2 Å². The van der Waals surface area contributed by atoms with E-state index in [-0.39, 0.29) is 35.0 Å². The molecule has 5 rings (SSSR count). The SMILES string of the molecule is O=C(Nc1ccc(=O)n2c1[C@H]1C[C@@H](CN(C(=O)c3ccc(F)cc3)C1)C2)c1ccccc1. The molecule has 2 atom stereocenters. The minimum Gasteiger partial charge on any atom is -0.338 e. The Morgan fingerprint density at radius 1 is 0.875 bits per heavy atom. The van der Waals surface area contributed by atoms with Crippen molar-refractivity contribution in [2.75, 3.05) is 18.4 Å². The molecule has 162 valence electrons. The largest absolute Gasteiger partial charge is 0.338 e. The van der Waals surface area contributed by atoms with Crippen LogP contribution in [0.5, 0.6) is 0 Å². The first-order chi connectivity index (χ1) is 15.5. The third kappa shape index (κ3) is 3.70. The predicted molar refractivity (Wildman–Crippen MR) is 118 cm³/mol. The molecule has 2 aliphatic rings. The molecule has 0 radical (unpaired) electrons. The number of piperidine rings is 1. The topological polar surface area (TPSA) is 71.4 Å². The molecular weight excluding hydrogens is 409 g/mol. The molecule has 2 aliphatic heterocycles. The number of hydrogen-bond donors (Lipinski definition) is 1. The number of aromatic nitrogens is 1. The van der Waals surface area contributed by atoms with Gasteiger partial charge in [0.25, 0.3) is 17.4 Å². The number of anilines is 1. The van der Waals surface area contributed by atoms with E-state index < -0.39 is 0 Å². The van der Waals surface area contributed by atoms with Crippen LogP contribution in [0.1, 0.15) is 38.7 Å². The van der Waals surface area contributed by atoms with Gasteiger partial charge in [0, 0.05) is 48.4 Å². The molecule has 0 saturated carbocycles. The molecule has 3 aromatic rings. The molecule has 1 N–H and O–H groups in total. The van der Waals surface area contributed by atoms with Crippen LogP contribution in [0, 0.1) is 11.7 Å². The highest BCUT2D eigenvalue weighted by Crippen LogP contribution is 2.39. The number of benzene rings is 2. The highest BCUT2D eigenvalue weighted by Gasteiger charge is 2.38. The van der Waals surface area contributed by atoms with Crippen LogP contribution in [0.25, 0.3) is 0 Å². The molecule has 1 fully saturated rings. The van der Waals surface area contributed by atoms with Crippen LogP contribution in [0.2, 0.25) is 0 Å². The highest BCUT2D eigenvalue weighted by atomic mass is 19.1. The summed E-state index contributed by atoms with van der Waals surface area (Å²) in [5, 5.41) is 2.96. The molecule has 2 amide bonds. The van der Waals surface area contributed by atoms with Gasteiger partial charge in [-0.2, -0.15) is 0 Å². The number of amides is 2. The van der Waals surface area contributed by atoms with Gasteiger partial charge in [0.2, 0.25) is 0 Å². The number of halogens is 1. The predicted octanol–water partition coefficient (Wildman–Crippen LogP) is 3.50. The maximum absolute atomic E-state index is 13.3. The van der Waals surface area contributed by atoms with Crippen molar-refractivity contribution < 1.29 is 14.0 Å². The molecule has 1 aromatic heterocycles. The van der Waals surface area contributed by atoms with Crippen molar-refractivity contribution in [3.63, 3.8) is 0 Å². The van der Waals surface area contributed by atoms with E-state index in [0.717, 1.165) is 12.1 Å². The van der Waals surface area contributed by atoms with E-state index in [1.165, 1.54) is 30.3 Å². The van der Waals surface area contributed by atoms with E-state index >= 15 is 0 Å². The minimum absolute atomic E-state index is 0.0770. The van der Waals surface area contributed by atoms with E-state index in [2.05, 4.69) is 5.32 Å². The molecule has 7 heteroatoms. The Kier molecular flexibility index (Phi) is 5.09. The summed E-state index contributed by atoms with van der Waals surface area (Å²) >= 11 is 0. The number of pyridine rings is 1. The number of carbonyl (C=O) groups excluding carboxylic acids is 2. The lowest BCUT2D eigenvalue weighted by atomic mass is 9.82. The van der Waals surface area contributed by atoms with Crippen LogP contribution in [0.4, 0.5) is 10.1 Å². The normalized spacial score (nSPS) is 19.2. The van der Waals surface area contributed by atoms with Gasteiger partial charge in [-0.15, -0.1) is 0 Å². The average molecular weight is 431 g/mol. The van der Waals surface area contributed by atoms with Gasteiger partial charge in [0.05, 0.1) is 5.69 Å². The number of rotatable bonds is 3. The van der Waals surface area contributed by atoms with Gasteiger partial charge in [-0.05, 0) is 54.8 Å². The van der Waals surface area contributed by atoms with E-state index in [1.807, 2.05) is 6.07 Å². The van der Waals surface area contributed by atoms with E-state index in [4.69, 9.17) is 0 Å². The number of carbonyl (C=O) groups is 2. The Hall–Kier alpha value is -3.74. The maximum atomic E-state index is 13.3. The van der Waals surface area contributed by atoms with Crippen molar-refractivity contribution in [1.29, 1.82) is 0 Å². The monoisotopic (exact) mass is 431 g/mol. The third-order valence-corrected chi connectivity index (χ3v) is 6.25. The molecule has 6 nitrogen and oxygen atoms in total. The first-order valence-corrected chi connectivity index (χ1v) is 10.6. The molecule has 1 saturated heterocycles. The van der Waals surface area contributed by atoms with E-state index in [0.29, 0.717) is 36.4 Å². The molecule has 0 unspecified atom stereocenters. The molecule has 2 bridgehead atoms. The molecule has 0 spiro atoms. The number of nitrogens with zero attached hydrogens (tertiary/aromatic N) is 2. The number of hydrogen-bond acceptors (Lipinski definition) is 3. The maximum Gasteiger partial charge on any atom is 0.255 e. The zero-order valence-electron chi connectivity index (χ0n) is 17.3. The van der Waals surface area contributed by atoms with Gasteiger partial charge >= 0.3 is 0 Å².